The van der Waals surface area contributed by atoms with E-state index in [-0.39, 0.29) is 41.8 Å². The van der Waals surface area contributed by atoms with E-state index in [4.69, 9.17) is 5.73 Å². The summed E-state index contributed by atoms with van der Waals surface area (Å²) in [7, 11) is 0. The molecule has 150 valence electrons. The van der Waals surface area contributed by atoms with Crippen LogP contribution in [0.1, 0.15) is 53.3 Å². The lowest BCUT2D eigenvalue weighted by Crippen LogP contribution is -2.28. The Bertz CT molecular complexity index is 1060. The van der Waals surface area contributed by atoms with Gasteiger partial charge in [-0.15, -0.1) is 17.5 Å². The summed E-state index contributed by atoms with van der Waals surface area (Å²) in [5, 5.41) is 11.1. The van der Waals surface area contributed by atoms with Gasteiger partial charge in [0.2, 0.25) is 0 Å². The lowest BCUT2D eigenvalue weighted by atomic mass is 9.92. The number of anilines is 1. The van der Waals surface area contributed by atoms with Crippen molar-refractivity contribution in [3.8, 4) is 0 Å². The number of hydrogen-bond acceptors (Lipinski definition) is 5. The number of aryl methyl sites for hydroxylation is 1. The molecule has 5 N–H and O–H groups in total. The number of nitrogens with two attached hydrogens (primary N) is 1. The average Bonchev–Trinajstić information content (AvgIpc) is 3.26. The highest BCUT2D eigenvalue weighted by atomic mass is 35.5. The molecule has 0 radical (unpaired) electrons. The van der Waals surface area contributed by atoms with E-state index in [2.05, 4.69) is 25.6 Å². The third-order valence-corrected chi connectivity index (χ3v) is 5.43. The van der Waals surface area contributed by atoms with E-state index >= 15 is 0 Å². The van der Waals surface area contributed by atoms with Crippen LogP contribution in [0, 0.1) is 13.8 Å². The maximum absolute atomic E-state index is 12.7. The summed E-state index contributed by atoms with van der Waals surface area (Å²) < 4.78 is 1.76. The molecule has 1 fully saturated rings. The van der Waals surface area contributed by atoms with Gasteiger partial charge in [-0.2, -0.15) is 0 Å². The summed E-state index contributed by atoms with van der Waals surface area (Å²) in [6.07, 6.45) is 5.46. The molecule has 28 heavy (non-hydrogen) atoms. The minimum atomic E-state index is -0.356. The standard InChI is InChI=1S/C18H23N7O2.ClH/c1-9-7-13-16(22-18(27)20-13)15(10(9)2)21-17(26)14-8-25(24-23-14)12-5-3-11(19)4-6-12;/h7-8,11-12H,3-6,19H2,1-2H3,(H,21,26)(H2,20,22,27);1H. The molecule has 2 aromatic heterocycles. The number of nitrogens with zero attached hydrogens (tertiary/aromatic N) is 3. The molecule has 3 aromatic rings. The van der Waals surface area contributed by atoms with E-state index in [1.165, 1.54) is 0 Å². The summed E-state index contributed by atoms with van der Waals surface area (Å²) in [4.78, 5) is 29.8. The number of fused-ring (bicyclic) bond motifs is 1. The van der Waals surface area contributed by atoms with E-state index in [0.29, 0.717) is 16.7 Å². The predicted molar refractivity (Wildman–Crippen MR) is 109 cm³/mol. The topological polar surface area (TPSA) is 134 Å². The molecule has 9 nitrogen and oxygen atoms in total. The Morgan fingerprint density at radius 1 is 1.25 bits per heavy atom. The Hall–Kier alpha value is -2.65. The van der Waals surface area contributed by atoms with E-state index in [1.54, 1.807) is 10.9 Å². The fraction of sp³-hybridized carbons (Fsp3) is 0.444. The molecule has 4 rings (SSSR count). The normalized spacial score (nSPS) is 19.4. The van der Waals surface area contributed by atoms with Crippen LogP contribution >= 0.6 is 12.4 Å². The third kappa shape index (κ3) is 3.67. The van der Waals surface area contributed by atoms with Crippen molar-refractivity contribution in [1.82, 2.24) is 25.0 Å². The van der Waals surface area contributed by atoms with Crippen molar-refractivity contribution in [1.29, 1.82) is 0 Å². The van der Waals surface area contributed by atoms with Gasteiger partial charge in [0.05, 0.1) is 29.0 Å². The first kappa shape index (κ1) is 20.1. The molecule has 10 heteroatoms. The second kappa shape index (κ2) is 7.76. The van der Waals surface area contributed by atoms with Crippen molar-refractivity contribution in [2.75, 3.05) is 5.32 Å². The Balaban J connectivity index is 0.00000225. The van der Waals surface area contributed by atoms with Crippen LogP contribution < -0.4 is 16.7 Å². The maximum Gasteiger partial charge on any atom is 0.323 e. The van der Waals surface area contributed by atoms with E-state index in [1.807, 2.05) is 19.9 Å². The van der Waals surface area contributed by atoms with Crippen LogP contribution in [0.15, 0.2) is 17.1 Å². The number of H-pyrrole nitrogens is 2. The van der Waals surface area contributed by atoms with Crippen molar-refractivity contribution < 1.29 is 4.79 Å². The number of halogens is 1. The second-order valence-corrected chi connectivity index (χ2v) is 7.30. The summed E-state index contributed by atoms with van der Waals surface area (Å²) in [6, 6.07) is 2.36. The van der Waals surface area contributed by atoms with Crippen molar-refractivity contribution in [3.63, 3.8) is 0 Å². The quantitative estimate of drug-likeness (QED) is 0.529. The van der Waals surface area contributed by atoms with Crippen LogP contribution in [0.2, 0.25) is 0 Å². The summed E-state index contributed by atoms with van der Waals surface area (Å²) in [6.45, 7) is 3.83. The molecular weight excluding hydrogens is 382 g/mol. The summed E-state index contributed by atoms with van der Waals surface area (Å²) in [5.41, 5.74) is 9.54. The lowest BCUT2D eigenvalue weighted by Gasteiger charge is -2.25. The zero-order chi connectivity index (χ0) is 19.1. The van der Waals surface area contributed by atoms with Gasteiger partial charge in [0.25, 0.3) is 5.91 Å². The summed E-state index contributed by atoms with van der Waals surface area (Å²) >= 11 is 0. The number of carbonyl (C=O) groups is 1. The molecule has 1 aromatic carbocycles. The number of aromatic amines is 2. The van der Waals surface area contributed by atoms with E-state index < -0.39 is 0 Å². The minimum absolute atomic E-state index is 0. The number of hydrogen-bond donors (Lipinski definition) is 4. The molecule has 1 amide bonds. The van der Waals surface area contributed by atoms with Crippen molar-refractivity contribution in [2.45, 2.75) is 51.6 Å². The molecule has 1 aliphatic carbocycles. The first-order valence-electron chi connectivity index (χ1n) is 9.13. The van der Waals surface area contributed by atoms with Gasteiger partial charge in [-0.05, 0) is 56.7 Å². The fourth-order valence-electron chi connectivity index (χ4n) is 3.67. The van der Waals surface area contributed by atoms with E-state index in [9.17, 15) is 9.59 Å². The van der Waals surface area contributed by atoms with Gasteiger partial charge < -0.3 is 21.0 Å². The van der Waals surface area contributed by atoms with Crippen molar-refractivity contribution in [2.24, 2.45) is 5.73 Å². The lowest BCUT2D eigenvalue weighted by molar-refractivity contribution is 0.102. The molecular formula is C18H24ClN7O2. The van der Waals surface area contributed by atoms with Crippen LogP contribution in [-0.4, -0.2) is 36.9 Å². The monoisotopic (exact) mass is 405 g/mol. The first-order chi connectivity index (χ1) is 12.9. The molecule has 0 saturated heterocycles. The van der Waals surface area contributed by atoms with Crippen LogP contribution in [0.25, 0.3) is 11.0 Å². The first-order valence-corrected chi connectivity index (χ1v) is 9.13. The smallest absolute Gasteiger partial charge is 0.323 e. The Morgan fingerprint density at radius 3 is 2.68 bits per heavy atom. The maximum atomic E-state index is 12.7. The van der Waals surface area contributed by atoms with Gasteiger partial charge in [-0.3, -0.25) is 4.79 Å². The minimum Gasteiger partial charge on any atom is -0.328 e. The highest BCUT2D eigenvalue weighted by Gasteiger charge is 2.23. The van der Waals surface area contributed by atoms with Crippen LogP contribution in [0.5, 0.6) is 0 Å². The number of nitrogens with one attached hydrogen (secondary N) is 3. The fourth-order valence-corrected chi connectivity index (χ4v) is 3.67. The largest absolute Gasteiger partial charge is 0.328 e. The van der Waals surface area contributed by atoms with Gasteiger partial charge in [-0.1, -0.05) is 5.21 Å². The molecule has 0 aliphatic heterocycles. The number of imidazole rings is 1. The summed E-state index contributed by atoms with van der Waals surface area (Å²) in [5.74, 6) is -0.356. The number of rotatable bonds is 3. The van der Waals surface area contributed by atoms with Crippen LogP contribution in [-0.2, 0) is 0 Å². The van der Waals surface area contributed by atoms with Crippen molar-refractivity contribution in [3.05, 3.63) is 39.6 Å². The number of amides is 1. The Labute approximate surface area is 167 Å². The van der Waals surface area contributed by atoms with Gasteiger partial charge in [-0.25, -0.2) is 9.48 Å². The van der Waals surface area contributed by atoms with E-state index in [0.717, 1.165) is 36.8 Å². The molecule has 2 heterocycles. The number of aromatic nitrogens is 5. The molecule has 1 aliphatic rings. The zero-order valence-corrected chi connectivity index (χ0v) is 16.6. The zero-order valence-electron chi connectivity index (χ0n) is 15.8. The van der Waals surface area contributed by atoms with Gasteiger partial charge in [0.15, 0.2) is 5.69 Å². The van der Waals surface area contributed by atoms with Gasteiger partial charge >= 0.3 is 5.69 Å². The highest BCUT2D eigenvalue weighted by Crippen LogP contribution is 2.28. The number of carbonyl (C=O) groups excluding carboxylic acids is 1. The second-order valence-electron chi connectivity index (χ2n) is 7.30. The van der Waals surface area contributed by atoms with Crippen molar-refractivity contribution >= 4 is 35.0 Å². The third-order valence-electron chi connectivity index (χ3n) is 5.43. The molecule has 1 saturated carbocycles. The van der Waals surface area contributed by atoms with Gasteiger partial charge in [0.1, 0.15) is 0 Å². The van der Waals surface area contributed by atoms with Crippen LogP contribution in [0.4, 0.5) is 5.69 Å². The number of benzene rings is 1. The van der Waals surface area contributed by atoms with Crippen LogP contribution in [0.3, 0.4) is 0 Å². The molecule has 0 spiro atoms. The SMILES string of the molecule is Cc1cc2[nH]c(=O)[nH]c2c(NC(=O)c2cn(C3CCC(N)CC3)nn2)c1C.Cl. The highest BCUT2D eigenvalue weighted by molar-refractivity contribution is 6.07. The van der Waals surface area contributed by atoms with Gasteiger partial charge in [0, 0.05) is 6.04 Å². The Kier molecular flexibility index (Phi) is 5.57. The molecule has 0 unspecified atom stereocenters. The molecule has 0 bridgehead atoms. The Morgan fingerprint density at radius 2 is 1.96 bits per heavy atom. The molecule has 0 atom stereocenters. The predicted octanol–water partition coefficient (Wildman–Crippen LogP) is 2.18. The average molecular weight is 406 g/mol.